The molecule has 2 aromatic rings. The highest BCUT2D eigenvalue weighted by Gasteiger charge is 2.51. The predicted octanol–water partition coefficient (Wildman–Crippen LogP) is 7.01. The maximum Gasteiger partial charge on any atom is 0.257 e. The van der Waals surface area contributed by atoms with Gasteiger partial charge in [0.25, 0.3) is 5.91 Å². The second-order valence-electron chi connectivity index (χ2n) is 14.0. The number of fused-ring (bicyclic) bond motifs is 2. The van der Waals surface area contributed by atoms with Crippen LogP contribution in [0.15, 0.2) is 29.2 Å². The van der Waals surface area contributed by atoms with E-state index in [0.29, 0.717) is 29.8 Å². The van der Waals surface area contributed by atoms with E-state index in [1.165, 1.54) is 57.1 Å². The molecule has 1 atom stereocenters. The standard InChI is InChI=1S/C35H52N4O3S/c1-27-13-15-30(16-14-27)43(41,42)38-24-17-29(18-25-38)31-19-26-39-33(32(28(2)36-39)34(40)37-22-11-12-23-37)35(31)20-9-7-5-3-4-6-8-10-21-35/h13-16,29,31H,3-12,17-26H2,1-2H3. The average Bonchev–Trinajstić information content (AvgIpc) is 3.65. The third-order valence-electron chi connectivity index (χ3n) is 11.3. The van der Waals surface area contributed by atoms with Gasteiger partial charge in [0.15, 0.2) is 0 Å². The predicted molar refractivity (Wildman–Crippen MR) is 171 cm³/mol. The number of likely N-dealkylation sites (tertiary alicyclic amines) is 1. The van der Waals surface area contributed by atoms with Crippen molar-refractivity contribution in [3.8, 4) is 0 Å². The molecule has 43 heavy (non-hydrogen) atoms. The monoisotopic (exact) mass is 608 g/mol. The Hall–Kier alpha value is -2.19. The van der Waals surface area contributed by atoms with E-state index in [0.717, 1.165) is 81.4 Å². The van der Waals surface area contributed by atoms with Crippen LogP contribution in [-0.2, 0) is 22.0 Å². The van der Waals surface area contributed by atoms with Gasteiger partial charge in [0.1, 0.15) is 0 Å². The van der Waals surface area contributed by atoms with Gasteiger partial charge in [0, 0.05) is 38.1 Å². The largest absolute Gasteiger partial charge is 0.339 e. The highest BCUT2D eigenvalue weighted by Crippen LogP contribution is 2.53. The second kappa shape index (κ2) is 13.0. The van der Waals surface area contributed by atoms with Crippen LogP contribution < -0.4 is 0 Å². The van der Waals surface area contributed by atoms with Crippen molar-refractivity contribution in [1.29, 1.82) is 0 Å². The maximum absolute atomic E-state index is 14.1. The summed E-state index contributed by atoms with van der Waals surface area (Å²) in [5, 5.41) is 5.05. The number of amides is 1. The Labute approximate surface area is 259 Å². The Morgan fingerprint density at radius 1 is 0.767 bits per heavy atom. The Kier molecular flexibility index (Phi) is 9.35. The Balaban J connectivity index is 1.33. The van der Waals surface area contributed by atoms with Gasteiger partial charge in [-0.15, -0.1) is 0 Å². The van der Waals surface area contributed by atoms with E-state index in [9.17, 15) is 13.2 Å². The number of carbonyl (C=O) groups is 1. The first-order valence-corrected chi connectivity index (χ1v) is 18.7. The van der Waals surface area contributed by atoms with Crippen LogP contribution in [0.4, 0.5) is 0 Å². The first kappa shape index (κ1) is 30.8. The van der Waals surface area contributed by atoms with Crippen molar-refractivity contribution in [2.24, 2.45) is 11.8 Å². The summed E-state index contributed by atoms with van der Waals surface area (Å²) in [6.45, 7) is 7.76. The summed E-state index contributed by atoms with van der Waals surface area (Å²) in [5.41, 5.74) is 4.05. The van der Waals surface area contributed by atoms with Gasteiger partial charge in [-0.1, -0.05) is 69.1 Å². The van der Waals surface area contributed by atoms with Crippen LogP contribution in [0, 0.1) is 25.7 Å². The molecule has 2 saturated heterocycles. The molecule has 8 heteroatoms. The summed E-state index contributed by atoms with van der Waals surface area (Å²) in [6, 6.07) is 7.27. The first-order chi connectivity index (χ1) is 20.8. The molecule has 1 amide bonds. The molecule has 1 spiro atoms. The SMILES string of the molecule is Cc1ccc(S(=O)(=O)N2CCC(C3CCn4nc(C)c(C(=O)N5CCCC5)c4C34CCCCCCCCCC4)CC2)cc1. The quantitative estimate of drug-likeness (QED) is 0.374. The lowest BCUT2D eigenvalue weighted by Gasteiger charge is -2.50. The molecule has 6 rings (SSSR count). The number of hydrogen-bond acceptors (Lipinski definition) is 4. The number of nitrogens with zero attached hydrogens (tertiary/aromatic N) is 4. The number of piperidine rings is 1. The lowest BCUT2D eigenvalue weighted by Crippen LogP contribution is -2.49. The third kappa shape index (κ3) is 6.07. The number of sulfonamides is 1. The minimum absolute atomic E-state index is 0.0722. The van der Waals surface area contributed by atoms with Gasteiger partial charge in [-0.05, 0) is 82.8 Å². The molecule has 7 nitrogen and oxygen atoms in total. The molecule has 4 aliphatic rings. The van der Waals surface area contributed by atoms with Crippen LogP contribution in [0.25, 0.3) is 0 Å². The molecule has 1 aromatic carbocycles. The van der Waals surface area contributed by atoms with E-state index in [1.54, 1.807) is 16.4 Å². The average molecular weight is 609 g/mol. The van der Waals surface area contributed by atoms with Gasteiger partial charge in [0.05, 0.1) is 21.8 Å². The van der Waals surface area contributed by atoms with Crippen molar-refractivity contribution in [1.82, 2.24) is 19.0 Å². The van der Waals surface area contributed by atoms with Gasteiger partial charge in [-0.2, -0.15) is 9.40 Å². The lowest BCUT2D eigenvalue weighted by molar-refractivity contribution is 0.0666. The van der Waals surface area contributed by atoms with Gasteiger partial charge in [-0.25, -0.2) is 8.42 Å². The number of hydrogen-bond donors (Lipinski definition) is 0. The Morgan fingerprint density at radius 2 is 1.35 bits per heavy atom. The highest BCUT2D eigenvalue weighted by atomic mass is 32.2. The van der Waals surface area contributed by atoms with Crippen LogP contribution >= 0.6 is 0 Å². The summed E-state index contributed by atoms with van der Waals surface area (Å²) >= 11 is 0. The van der Waals surface area contributed by atoms with E-state index >= 15 is 0 Å². The summed E-state index contributed by atoms with van der Waals surface area (Å²) < 4.78 is 31.1. The minimum atomic E-state index is -3.49. The van der Waals surface area contributed by atoms with Gasteiger partial charge in [-0.3, -0.25) is 9.48 Å². The molecule has 0 radical (unpaired) electrons. The van der Waals surface area contributed by atoms with Gasteiger partial charge >= 0.3 is 0 Å². The van der Waals surface area contributed by atoms with Crippen molar-refractivity contribution < 1.29 is 13.2 Å². The molecule has 4 heterocycles. The molecule has 3 aliphatic heterocycles. The van der Waals surface area contributed by atoms with Crippen LogP contribution in [0.3, 0.4) is 0 Å². The van der Waals surface area contributed by atoms with Crippen LogP contribution in [0.1, 0.15) is 124 Å². The molecule has 1 unspecified atom stereocenters. The lowest BCUT2D eigenvalue weighted by atomic mass is 9.58. The van der Waals surface area contributed by atoms with Gasteiger partial charge < -0.3 is 4.90 Å². The summed E-state index contributed by atoms with van der Waals surface area (Å²) in [7, 11) is -3.49. The summed E-state index contributed by atoms with van der Waals surface area (Å²) in [6.07, 6.45) is 17.4. The molecule has 0 bridgehead atoms. The molecule has 0 N–H and O–H groups in total. The minimum Gasteiger partial charge on any atom is -0.339 e. The van der Waals surface area contributed by atoms with E-state index in [2.05, 4.69) is 16.5 Å². The topological polar surface area (TPSA) is 75.5 Å². The maximum atomic E-state index is 14.1. The third-order valence-corrected chi connectivity index (χ3v) is 13.2. The fourth-order valence-corrected chi connectivity index (χ4v) is 10.5. The van der Waals surface area contributed by atoms with Crippen LogP contribution in [0.2, 0.25) is 0 Å². The molecule has 3 fully saturated rings. The number of benzene rings is 1. The van der Waals surface area contributed by atoms with Crippen LogP contribution in [0.5, 0.6) is 0 Å². The zero-order valence-corrected chi connectivity index (χ0v) is 27.3. The molecule has 236 valence electrons. The summed E-state index contributed by atoms with van der Waals surface area (Å²) in [5.74, 6) is 1.10. The number of carbonyl (C=O) groups excluding carboxylic acids is 1. The number of rotatable bonds is 4. The Morgan fingerprint density at radius 3 is 1.95 bits per heavy atom. The second-order valence-corrected chi connectivity index (χ2v) is 15.9. The van der Waals surface area contributed by atoms with E-state index in [-0.39, 0.29) is 11.3 Å². The molecule has 1 saturated carbocycles. The Bertz CT molecular complexity index is 1360. The number of aryl methyl sites for hydroxylation is 3. The first-order valence-electron chi connectivity index (χ1n) is 17.3. The normalized spacial score (nSPS) is 24.5. The highest BCUT2D eigenvalue weighted by molar-refractivity contribution is 7.89. The van der Waals surface area contributed by atoms with E-state index in [1.807, 2.05) is 19.1 Å². The van der Waals surface area contributed by atoms with E-state index < -0.39 is 10.0 Å². The molecular weight excluding hydrogens is 556 g/mol. The van der Waals surface area contributed by atoms with Crippen molar-refractivity contribution in [2.45, 2.75) is 127 Å². The fraction of sp³-hybridized carbons (Fsp3) is 0.714. The zero-order valence-electron chi connectivity index (χ0n) is 26.5. The molecular formula is C35H52N4O3S. The van der Waals surface area contributed by atoms with Crippen molar-refractivity contribution in [3.05, 3.63) is 46.8 Å². The molecule has 1 aliphatic carbocycles. The summed E-state index contributed by atoms with van der Waals surface area (Å²) in [4.78, 5) is 16.6. The van der Waals surface area contributed by atoms with Crippen molar-refractivity contribution in [3.63, 3.8) is 0 Å². The van der Waals surface area contributed by atoms with Crippen molar-refractivity contribution >= 4 is 15.9 Å². The van der Waals surface area contributed by atoms with Crippen LogP contribution in [-0.4, -0.2) is 59.5 Å². The smallest absolute Gasteiger partial charge is 0.257 e. The fourth-order valence-electron chi connectivity index (χ4n) is 9.04. The number of aromatic nitrogens is 2. The van der Waals surface area contributed by atoms with Gasteiger partial charge in [0.2, 0.25) is 10.0 Å². The van der Waals surface area contributed by atoms with Crippen molar-refractivity contribution in [2.75, 3.05) is 26.2 Å². The van der Waals surface area contributed by atoms with E-state index in [4.69, 9.17) is 5.10 Å². The zero-order chi connectivity index (χ0) is 30.0. The molecule has 1 aromatic heterocycles.